The van der Waals surface area contributed by atoms with Gasteiger partial charge >= 0.3 is 0 Å². The van der Waals surface area contributed by atoms with E-state index in [2.05, 4.69) is 17.8 Å². The van der Waals surface area contributed by atoms with Crippen LogP contribution in [0.5, 0.6) is 0 Å². The summed E-state index contributed by atoms with van der Waals surface area (Å²) in [5, 5.41) is 0. The number of hydrogen-bond donors (Lipinski definition) is 1. The summed E-state index contributed by atoms with van der Waals surface area (Å²) in [6.45, 7) is 2.69. The molecule has 0 unspecified atom stereocenters. The lowest BCUT2D eigenvalue weighted by Crippen LogP contribution is -2.02. The number of terminal acetylenes is 1. The van der Waals surface area contributed by atoms with Gasteiger partial charge in [-0.1, -0.05) is 25.7 Å². The van der Waals surface area contributed by atoms with Gasteiger partial charge in [0.05, 0.1) is 18.6 Å². The molecule has 14 heavy (non-hydrogen) atoms. The molecule has 1 aromatic rings. The highest BCUT2D eigenvalue weighted by Gasteiger charge is 2.05. The van der Waals surface area contributed by atoms with E-state index in [1.54, 1.807) is 10.9 Å². The van der Waals surface area contributed by atoms with Crippen LogP contribution in [0.3, 0.4) is 0 Å². The van der Waals surface area contributed by atoms with E-state index in [1.807, 2.05) is 0 Å². The van der Waals surface area contributed by atoms with Crippen LogP contribution in [-0.4, -0.2) is 9.55 Å². The lowest BCUT2D eigenvalue weighted by atomic mass is 10.1. The molecule has 76 valence electrons. The van der Waals surface area contributed by atoms with Crippen LogP contribution in [0.15, 0.2) is 6.33 Å². The molecule has 1 rings (SSSR count). The summed E-state index contributed by atoms with van der Waals surface area (Å²) in [5.41, 5.74) is 6.86. The summed E-state index contributed by atoms with van der Waals surface area (Å²) in [6.07, 6.45) is 11.5. The first-order chi connectivity index (χ1) is 6.79. The van der Waals surface area contributed by atoms with Gasteiger partial charge in [-0.3, -0.25) is 0 Å². The first kappa shape index (κ1) is 10.6. The molecule has 0 spiro atoms. The van der Waals surface area contributed by atoms with Gasteiger partial charge in [-0.2, -0.15) is 0 Å². The summed E-state index contributed by atoms with van der Waals surface area (Å²) in [4.78, 5) is 4.25. The van der Waals surface area contributed by atoms with Gasteiger partial charge < -0.3 is 10.3 Å². The Kier molecular flexibility index (Phi) is 4.06. The van der Waals surface area contributed by atoms with Crippen molar-refractivity contribution in [3.8, 4) is 12.3 Å². The Balaban J connectivity index is 2.56. The zero-order valence-corrected chi connectivity index (χ0v) is 8.66. The molecular formula is C11H17N3. The molecule has 0 fully saturated rings. The second kappa shape index (κ2) is 5.33. The Labute approximate surface area is 85.3 Å². The number of imidazole rings is 1. The fraction of sp³-hybridized carbons (Fsp3) is 0.545. The maximum Gasteiger partial charge on any atom is 0.127 e. The van der Waals surface area contributed by atoms with Crippen molar-refractivity contribution in [1.82, 2.24) is 9.55 Å². The Bertz CT molecular complexity index is 320. The number of aromatic nitrogens is 2. The smallest absolute Gasteiger partial charge is 0.127 e. The van der Waals surface area contributed by atoms with Gasteiger partial charge in [0.1, 0.15) is 5.82 Å². The number of anilines is 1. The van der Waals surface area contributed by atoms with Gasteiger partial charge in [0.2, 0.25) is 0 Å². The van der Waals surface area contributed by atoms with Crippen LogP contribution in [0.2, 0.25) is 0 Å². The predicted molar refractivity (Wildman–Crippen MR) is 58.7 cm³/mol. The van der Waals surface area contributed by atoms with E-state index in [4.69, 9.17) is 12.2 Å². The standard InChI is InChI=1S/C11H17N3/c1-3-5-6-7-10-11(12)14(8-4-2)9-13-10/h2,9H,3,5-8,12H2,1H3. The monoisotopic (exact) mass is 191 g/mol. The molecule has 3 heteroatoms. The van der Waals surface area contributed by atoms with E-state index >= 15 is 0 Å². The maximum atomic E-state index is 5.88. The van der Waals surface area contributed by atoms with Crippen molar-refractivity contribution < 1.29 is 0 Å². The number of aryl methyl sites for hydroxylation is 1. The zero-order chi connectivity index (χ0) is 10.4. The lowest BCUT2D eigenvalue weighted by Gasteiger charge is -2.01. The van der Waals surface area contributed by atoms with Gasteiger partial charge in [0, 0.05) is 0 Å². The molecule has 0 aliphatic heterocycles. The topological polar surface area (TPSA) is 43.8 Å². The second-order valence-corrected chi connectivity index (χ2v) is 3.37. The number of rotatable bonds is 5. The quantitative estimate of drug-likeness (QED) is 0.570. The van der Waals surface area contributed by atoms with E-state index < -0.39 is 0 Å². The summed E-state index contributed by atoms with van der Waals surface area (Å²) >= 11 is 0. The number of nitrogens with zero attached hydrogens (tertiary/aromatic N) is 2. The Morgan fingerprint density at radius 3 is 3.00 bits per heavy atom. The highest BCUT2D eigenvalue weighted by atomic mass is 15.1. The number of unbranched alkanes of at least 4 members (excludes halogenated alkanes) is 2. The van der Waals surface area contributed by atoms with Gasteiger partial charge in [0.15, 0.2) is 0 Å². The van der Waals surface area contributed by atoms with Crippen LogP contribution in [0.4, 0.5) is 5.82 Å². The molecule has 1 heterocycles. The van der Waals surface area contributed by atoms with Crippen molar-refractivity contribution >= 4 is 5.82 Å². The van der Waals surface area contributed by atoms with Gasteiger partial charge in [-0.25, -0.2) is 4.98 Å². The zero-order valence-electron chi connectivity index (χ0n) is 8.66. The summed E-state index contributed by atoms with van der Waals surface area (Å²) in [5.74, 6) is 3.27. The number of nitrogen functional groups attached to an aromatic ring is 1. The third-order valence-corrected chi connectivity index (χ3v) is 2.24. The minimum absolute atomic E-state index is 0.507. The number of hydrogen-bond acceptors (Lipinski definition) is 2. The normalized spacial score (nSPS) is 10.0. The minimum Gasteiger partial charge on any atom is -0.384 e. The minimum atomic E-state index is 0.507. The maximum absolute atomic E-state index is 5.88. The highest BCUT2D eigenvalue weighted by molar-refractivity contribution is 5.36. The molecule has 0 aromatic carbocycles. The van der Waals surface area contributed by atoms with Crippen molar-refractivity contribution in [3.63, 3.8) is 0 Å². The van der Waals surface area contributed by atoms with Crippen molar-refractivity contribution in [2.45, 2.75) is 39.2 Å². The van der Waals surface area contributed by atoms with E-state index in [0.717, 1.165) is 24.4 Å². The molecular weight excluding hydrogens is 174 g/mol. The molecule has 0 saturated heterocycles. The third-order valence-electron chi connectivity index (χ3n) is 2.24. The SMILES string of the molecule is C#CCn1cnc(CCCCC)c1N. The molecule has 0 bridgehead atoms. The Morgan fingerprint density at radius 2 is 2.36 bits per heavy atom. The highest BCUT2D eigenvalue weighted by Crippen LogP contribution is 2.13. The molecule has 0 amide bonds. The van der Waals surface area contributed by atoms with Gasteiger partial charge in [0.25, 0.3) is 0 Å². The average Bonchev–Trinajstić information content (AvgIpc) is 2.51. The molecule has 0 atom stereocenters. The van der Waals surface area contributed by atoms with E-state index in [-0.39, 0.29) is 0 Å². The van der Waals surface area contributed by atoms with Crippen LogP contribution >= 0.6 is 0 Å². The van der Waals surface area contributed by atoms with Crippen molar-refractivity contribution in [2.75, 3.05) is 5.73 Å². The van der Waals surface area contributed by atoms with Crippen LogP contribution in [0.25, 0.3) is 0 Å². The molecule has 3 nitrogen and oxygen atoms in total. The largest absolute Gasteiger partial charge is 0.384 e. The van der Waals surface area contributed by atoms with Crippen molar-refractivity contribution in [3.05, 3.63) is 12.0 Å². The Hall–Kier alpha value is -1.43. The average molecular weight is 191 g/mol. The molecule has 1 aromatic heterocycles. The fourth-order valence-corrected chi connectivity index (χ4v) is 1.39. The third kappa shape index (κ3) is 2.53. The van der Waals surface area contributed by atoms with Crippen LogP contribution in [0.1, 0.15) is 31.9 Å². The van der Waals surface area contributed by atoms with E-state index in [0.29, 0.717) is 6.54 Å². The summed E-state index contributed by atoms with van der Waals surface area (Å²) in [7, 11) is 0. The Morgan fingerprint density at radius 1 is 1.57 bits per heavy atom. The van der Waals surface area contributed by atoms with Crippen LogP contribution in [0, 0.1) is 12.3 Å². The molecule has 0 saturated carbocycles. The van der Waals surface area contributed by atoms with Crippen molar-refractivity contribution in [1.29, 1.82) is 0 Å². The van der Waals surface area contributed by atoms with Crippen LogP contribution < -0.4 is 5.73 Å². The van der Waals surface area contributed by atoms with E-state index in [9.17, 15) is 0 Å². The van der Waals surface area contributed by atoms with Gasteiger partial charge in [-0.05, 0) is 12.8 Å². The first-order valence-electron chi connectivity index (χ1n) is 5.02. The lowest BCUT2D eigenvalue weighted by molar-refractivity contribution is 0.710. The van der Waals surface area contributed by atoms with Crippen molar-refractivity contribution in [2.24, 2.45) is 0 Å². The van der Waals surface area contributed by atoms with E-state index in [1.165, 1.54) is 12.8 Å². The molecule has 0 aliphatic rings. The van der Waals surface area contributed by atoms with Crippen LogP contribution in [-0.2, 0) is 13.0 Å². The fourth-order valence-electron chi connectivity index (χ4n) is 1.39. The molecule has 0 aliphatic carbocycles. The predicted octanol–water partition coefficient (Wildman–Crippen LogP) is 1.83. The van der Waals surface area contributed by atoms with Gasteiger partial charge in [-0.15, -0.1) is 6.42 Å². The molecule has 2 N–H and O–H groups in total. The first-order valence-corrected chi connectivity index (χ1v) is 5.02. The molecule has 0 radical (unpaired) electrons. The second-order valence-electron chi connectivity index (χ2n) is 3.37. The summed E-state index contributed by atoms with van der Waals surface area (Å²) in [6, 6.07) is 0. The number of nitrogens with two attached hydrogens (primary N) is 1. The summed E-state index contributed by atoms with van der Waals surface area (Å²) < 4.78 is 1.81.